The summed E-state index contributed by atoms with van der Waals surface area (Å²) in [6.07, 6.45) is 0. The SMILES string of the molecule is CC(C)(C)[As](C)(C)C. The van der Waals surface area contributed by atoms with Crippen LogP contribution in [0.4, 0.5) is 0 Å². The van der Waals surface area contributed by atoms with Crippen molar-refractivity contribution in [3.63, 3.8) is 0 Å². The van der Waals surface area contributed by atoms with E-state index in [1.807, 2.05) is 0 Å². The van der Waals surface area contributed by atoms with E-state index in [2.05, 4.69) is 37.9 Å². The van der Waals surface area contributed by atoms with Crippen molar-refractivity contribution in [2.45, 2.75) is 42.1 Å². The Bertz CT molecular complexity index is 59.4. The number of hydrogen-bond donors (Lipinski definition) is 0. The standard InChI is InChI=1S/C7H18As/c1-7(2,3)8(4,5)6/h1-6H3. The van der Waals surface area contributed by atoms with Crippen LogP contribution >= 0.6 is 0 Å². The molecule has 0 amide bonds. The van der Waals surface area contributed by atoms with Gasteiger partial charge < -0.3 is 0 Å². The zero-order valence-corrected chi connectivity index (χ0v) is 8.82. The van der Waals surface area contributed by atoms with Crippen molar-refractivity contribution in [1.29, 1.82) is 0 Å². The summed E-state index contributed by atoms with van der Waals surface area (Å²) in [5.74, 6) is 0. The summed E-state index contributed by atoms with van der Waals surface area (Å²) < 4.78 is 0.609. The maximum absolute atomic E-state index is 2.44. The molecule has 0 aliphatic heterocycles. The molecule has 0 fully saturated rings. The van der Waals surface area contributed by atoms with Crippen LogP contribution in [0, 0.1) is 0 Å². The molecule has 0 N–H and O–H groups in total. The van der Waals surface area contributed by atoms with Gasteiger partial charge in [0.25, 0.3) is 0 Å². The molecule has 0 unspecified atom stereocenters. The maximum atomic E-state index is 2.44. The molecule has 1 radical (unpaired) electrons. The fourth-order valence-corrected chi connectivity index (χ4v) is 0. The van der Waals surface area contributed by atoms with Crippen molar-refractivity contribution in [1.82, 2.24) is 0 Å². The van der Waals surface area contributed by atoms with Crippen LogP contribution in [0.5, 0.6) is 0 Å². The predicted octanol–water partition coefficient (Wildman–Crippen LogP) is 3.12. The molecule has 0 spiro atoms. The first kappa shape index (κ1) is 8.56. The van der Waals surface area contributed by atoms with Gasteiger partial charge >= 0.3 is 55.7 Å². The molecule has 0 bridgehead atoms. The van der Waals surface area contributed by atoms with Crippen LogP contribution in [0.25, 0.3) is 0 Å². The van der Waals surface area contributed by atoms with Gasteiger partial charge in [-0.3, -0.25) is 0 Å². The molecule has 0 heterocycles. The van der Waals surface area contributed by atoms with Gasteiger partial charge in [0, 0.05) is 0 Å². The molecule has 1 heteroatoms. The average Bonchev–Trinajstić information content (AvgIpc) is 1.25. The molecule has 51 valence electrons. The van der Waals surface area contributed by atoms with E-state index in [1.165, 1.54) is 0 Å². The van der Waals surface area contributed by atoms with Crippen LogP contribution in [0.15, 0.2) is 0 Å². The Labute approximate surface area is 56.1 Å². The molecule has 0 atom stereocenters. The van der Waals surface area contributed by atoms with Gasteiger partial charge in [-0.25, -0.2) is 0 Å². The summed E-state index contributed by atoms with van der Waals surface area (Å²) in [7, 11) is 0. The Morgan fingerprint density at radius 1 is 0.875 bits per heavy atom. The first-order valence-electron chi connectivity index (χ1n) is 3.07. The number of rotatable bonds is 0. The Hall–Kier alpha value is 0.558. The zero-order valence-electron chi connectivity index (χ0n) is 6.95. The predicted molar refractivity (Wildman–Crippen MR) is 43.1 cm³/mol. The number of hydrogen-bond acceptors (Lipinski definition) is 0. The van der Waals surface area contributed by atoms with Gasteiger partial charge in [-0.15, -0.1) is 0 Å². The van der Waals surface area contributed by atoms with Crippen LogP contribution in [0.3, 0.4) is 0 Å². The summed E-state index contributed by atoms with van der Waals surface area (Å²) >= 11 is -1.17. The molecule has 8 heavy (non-hydrogen) atoms. The molecule has 0 aliphatic carbocycles. The van der Waals surface area contributed by atoms with E-state index in [9.17, 15) is 0 Å². The van der Waals surface area contributed by atoms with Gasteiger partial charge in [0.15, 0.2) is 0 Å². The second-order valence-corrected chi connectivity index (χ2v) is 15.4. The third kappa shape index (κ3) is 2.22. The summed E-state index contributed by atoms with van der Waals surface area (Å²) in [6, 6.07) is 0. The average molecular weight is 177 g/mol. The van der Waals surface area contributed by atoms with Crippen LogP contribution in [-0.4, -0.2) is 13.6 Å². The fourth-order valence-electron chi connectivity index (χ4n) is 0. The van der Waals surface area contributed by atoms with Gasteiger partial charge in [0.05, 0.1) is 0 Å². The van der Waals surface area contributed by atoms with Crippen molar-refractivity contribution in [3.05, 3.63) is 0 Å². The molecule has 0 saturated heterocycles. The van der Waals surface area contributed by atoms with Gasteiger partial charge in [-0.05, 0) is 0 Å². The van der Waals surface area contributed by atoms with Crippen LogP contribution < -0.4 is 0 Å². The van der Waals surface area contributed by atoms with Gasteiger partial charge in [-0.1, -0.05) is 0 Å². The Morgan fingerprint density at radius 3 is 1.00 bits per heavy atom. The van der Waals surface area contributed by atoms with E-state index in [-0.39, 0.29) is 0 Å². The topological polar surface area (TPSA) is 0 Å². The summed E-state index contributed by atoms with van der Waals surface area (Å²) in [5, 5.41) is 0. The second-order valence-electron chi connectivity index (χ2n) is 4.18. The molecule has 0 aromatic heterocycles. The summed E-state index contributed by atoms with van der Waals surface area (Å²) in [4.78, 5) is 0. The van der Waals surface area contributed by atoms with Crippen molar-refractivity contribution in [2.75, 3.05) is 0 Å². The van der Waals surface area contributed by atoms with Crippen LogP contribution in [-0.2, 0) is 0 Å². The van der Waals surface area contributed by atoms with E-state index < -0.39 is 13.6 Å². The van der Waals surface area contributed by atoms with E-state index in [0.717, 1.165) is 0 Å². The Morgan fingerprint density at radius 2 is 1.00 bits per heavy atom. The molecule has 0 saturated carbocycles. The van der Waals surface area contributed by atoms with Crippen molar-refractivity contribution >= 4 is 13.6 Å². The van der Waals surface area contributed by atoms with Gasteiger partial charge in [0.2, 0.25) is 0 Å². The molecule has 0 aromatic carbocycles. The summed E-state index contributed by atoms with van der Waals surface area (Å²) in [6.45, 7) is 7.04. The minimum absolute atomic E-state index is 0.609. The van der Waals surface area contributed by atoms with Crippen molar-refractivity contribution < 1.29 is 0 Å². The van der Waals surface area contributed by atoms with Crippen molar-refractivity contribution in [3.8, 4) is 0 Å². The summed E-state index contributed by atoms with van der Waals surface area (Å²) in [5.41, 5.74) is 7.33. The normalized spacial score (nSPS) is 14.2. The molecule has 0 aliphatic rings. The van der Waals surface area contributed by atoms with E-state index in [0.29, 0.717) is 4.20 Å². The van der Waals surface area contributed by atoms with Crippen molar-refractivity contribution in [2.24, 2.45) is 0 Å². The Kier molecular flexibility index (Phi) is 2.21. The van der Waals surface area contributed by atoms with Crippen LogP contribution in [0.1, 0.15) is 20.8 Å². The monoisotopic (exact) mass is 177 g/mol. The molecule has 0 rings (SSSR count). The van der Waals surface area contributed by atoms with Gasteiger partial charge in [-0.2, -0.15) is 0 Å². The minimum atomic E-state index is -1.17. The third-order valence-electron chi connectivity index (χ3n) is 2.01. The fraction of sp³-hybridized carbons (Fsp3) is 1.00. The molecule has 0 nitrogen and oxygen atoms in total. The zero-order chi connectivity index (χ0) is 7.00. The second kappa shape index (κ2) is 2.06. The Balaban J connectivity index is 4.02. The molecular formula is C7H18As. The molecular weight excluding hydrogens is 159 g/mol. The van der Waals surface area contributed by atoms with E-state index in [1.54, 1.807) is 0 Å². The quantitative estimate of drug-likeness (QED) is 0.498. The molecule has 0 aromatic rings. The van der Waals surface area contributed by atoms with Crippen LogP contribution in [0.2, 0.25) is 21.3 Å². The van der Waals surface area contributed by atoms with E-state index in [4.69, 9.17) is 0 Å². The van der Waals surface area contributed by atoms with E-state index >= 15 is 0 Å². The third-order valence-corrected chi connectivity index (χ3v) is 10.5. The van der Waals surface area contributed by atoms with Gasteiger partial charge in [0.1, 0.15) is 0 Å². The first-order valence-corrected chi connectivity index (χ1v) is 9.63. The first-order chi connectivity index (χ1) is 3.25.